The Morgan fingerprint density at radius 1 is 0.935 bits per heavy atom. The van der Waals surface area contributed by atoms with Crippen LogP contribution in [0, 0.1) is 13.8 Å². The second-order valence-corrected chi connectivity index (χ2v) is 8.87. The van der Waals surface area contributed by atoms with Crippen LogP contribution in [0.4, 0.5) is 0 Å². The highest BCUT2D eigenvalue weighted by molar-refractivity contribution is 9.10. The molecule has 1 heterocycles. The number of carboxylic acid groups (broad SMARTS) is 1. The number of fused-ring (bicyclic) bond motifs is 1. The lowest BCUT2D eigenvalue weighted by atomic mass is 10.1. The number of nitrogens with one attached hydrogen (secondary N) is 1. The Balaban J connectivity index is 1.72. The van der Waals surface area contributed by atoms with Gasteiger partial charge in [-0.1, -0.05) is 70.0 Å². The molecule has 0 radical (unpaired) electrons. The van der Waals surface area contributed by atoms with E-state index in [4.69, 9.17) is 0 Å². The first-order valence-corrected chi connectivity index (χ1v) is 11.1. The van der Waals surface area contributed by atoms with Gasteiger partial charge in [0.1, 0.15) is 5.69 Å². The van der Waals surface area contributed by atoms with E-state index in [-0.39, 0.29) is 0 Å². The van der Waals surface area contributed by atoms with Crippen molar-refractivity contribution in [1.82, 2.24) is 9.88 Å². The van der Waals surface area contributed by atoms with Crippen LogP contribution in [0.25, 0.3) is 10.9 Å². The molecule has 5 heteroatoms. The fraction of sp³-hybridized carbons (Fsp3) is 0.192. The highest BCUT2D eigenvalue weighted by atomic mass is 79.9. The maximum absolute atomic E-state index is 12.4. The number of carboxylic acids is 1. The fourth-order valence-corrected chi connectivity index (χ4v) is 4.42. The van der Waals surface area contributed by atoms with E-state index in [9.17, 15) is 9.90 Å². The van der Waals surface area contributed by atoms with Gasteiger partial charge in [-0.05, 0) is 48.7 Å². The van der Waals surface area contributed by atoms with E-state index in [2.05, 4.69) is 70.6 Å². The minimum Gasteiger partial charge on any atom is -0.477 e. The molecule has 4 aromatic rings. The van der Waals surface area contributed by atoms with Crippen LogP contribution >= 0.6 is 15.9 Å². The Labute approximate surface area is 190 Å². The Morgan fingerprint density at radius 2 is 1.68 bits per heavy atom. The van der Waals surface area contributed by atoms with E-state index in [0.29, 0.717) is 25.3 Å². The molecule has 0 saturated heterocycles. The molecule has 0 aliphatic rings. The third-order valence-electron chi connectivity index (χ3n) is 5.51. The SMILES string of the molecule is Cc1ccc(Cn2c(C(=O)O)c(CNCc3cccc(Br)c3)c3ccc(C)cc32)cc1. The Kier molecular flexibility index (Phi) is 6.25. The predicted molar refractivity (Wildman–Crippen MR) is 129 cm³/mol. The van der Waals surface area contributed by atoms with Gasteiger partial charge in [0.2, 0.25) is 0 Å². The Bertz CT molecular complexity index is 1240. The minimum absolute atomic E-state index is 0.350. The van der Waals surface area contributed by atoms with Crippen LogP contribution in [-0.2, 0) is 19.6 Å². The Hall–Kier alpha value is -2.89. The van der Waals surface area contributed by atoms with Crippen molar-refractivity contribution in [2.24, 2.45) is 0 Å². The van der Waals surface area contributed by atoms with Gasteiger partial charge in [-0.2, -0.15) is 0 Å². The van der Waals surface area contributed by atoms with Crippen molar-refractivity contribution in [2.75, 3.05) is 0 Å². The summed E-state index contributed by atoms with van der Waals surface area (Å²) in [6.45, 7) is 5.75. The minimum atomic E-state index is -0.903. The van der Waals surface area contributed by atoms with Gasteiger partial charge in [0.25, 0.3) is 0 Å². The summed E-state index contributed by atoms with van der Waals surface area (Å²) in [4.78, 5) is 12.4. The molecule has 0 fully saturated rings. The monoisotopic (exact) mass is 476 g/mol. The third-order valence-corrected chi connectivity index (χ3v) is 6.00. The van der Waals surface area contributed by atoms with Crippen LogP contribution in [-0.4, -0.2) is 15.6 Å². The largest absolute Gasteiger partial charge is 0.477 e. The zero-order valence-electron chi connectivity index (χ0n) is 17.7. The molecule has 4 nitrogen and oxygen atoms in total. The van der Waals surface area contributed by atoms with Crippen molar-refractivity contribution in [3.63, 3.8) is 0 Å². The lowest BCUT2D eigenvalue weighted by molar-refractivity contribution is 0.0684. The summed E-state index contributed by atoms with van der Waals surface area (Å²) < 4.78 is 2.97. The number of rotatable bonds is 7. The number of benzene rings is 3. The second-order valence-electron chi connectivity index (χ2n) is 7.96. The van der Waals surface area contributed by atoms with Crippen LogP contribution in [0.15, 0.2) is 71.2 Å². The standard InChI is InChI=1S/C26H25BrN2O2/c1-17-6-9-19(10-7-17)16-29-24-12-18(2)8-11-22(24)23(25(29)26(30)31)15-28-14-20-4-3-5-21(27)13-20/h3-13,28H,14-16H2,1-2H3,(H,30,31). The molecule has 0 bridgehead atoms. The van der Waals surface area contributed by atoms with E-state index in [0.717, 1.165) is 37.6 Å². The van der Waals surface area contributed by atoms with Crippen LogP contribution in [0.3, 0.4) is 0 Å². The first-order valence-electron chi connectivity index (χ1n) is 10.3. The molecule has 31 heavy (non-hydrogen) atoms. The molecule has 2 N–H and O–H groups in total. The number of nitrogens with zero attached hydrogens (tertiary/aromatic N) is 1. The van der Waals surface area contributed by atoms with Crippen LogP contribution in [0.2, 0.25) is 0 Å². The Morgan fingerprint density at radius 3 is 2.39 bits per heavy atom. The molecule has 0 saturated carbocycles. The topological polar surface area (TPSA) is 54.3 Å². The van der Waals surface area contributed by atoms with Crippen molar-refractivity contribution in [2.45, 2.75) is 33.5 Å². The predicted octanol–water partition coefficient (Wildman–Crippen LogP) is 6.06. The number of hydrogen-bond donors (Lipinski definition) is 2. The summed E-state index contributed by atoms with van der Waals surface area (Å²) in [5.41, 5.74) is 6.66. The molecule has 0 unspecified atom stereocenters. The van der Waals surface area contributed by atoms with Gasteiger partial charge in [-0.25, -0.2) is 4.79 Å². The molecule has 0 spiro atoms. The van der Waals surface area contributed by atoms with E-state index in [1.807, 2.05) is 35.8 Å². The van der Waals surface area contributed by atoms with Crippen LogP contribution < -0.4 is 5.32 Å². The summed E-state index contributed by atoms with van der Waals surface area (Å²) in [5, 5.41) is 14.6. The lowest BCUT2D eigenvalue weighted by Gasteiger charge is -2.11. The number of carbonyl (C=O) groups is 1. The number of aromatic carboxylic acids is 1. The maximum Gasteiger partial charge on any atom is 0.352 e. The first kappa shape index (κ1) is 21.3. The smallest absolute Gasteiger partial charge is 0.352 e. The summed E-state index contributed by atoms with van der Waals surface area (Å²) in [6, 6.07) is 22.5. The molecule has 0 aliphatic heterocycles. The van der Waals surface area contributed by atoms with Crippen LogP contribution in [0.1, 0.15) is 38.3 Å². The number of hydrogen-bond acceptors (Lipinski definition) is 2. The van der Waals surface area contributed by atoms with E-state index in [1.165, 1.54) is 5.56 Å². The fourth-order valence-electron chi connectivity index (χ4n) is 3.97. The highest BCUT2D eigenvalue weighted by Crippen LogP contribution is 2.29. The second kappa shape index (κ2) is 9.08. The van der Waals surface area contributed by atoms with Crippen molar-refractivity contribution in [3.8, 4) is 0 Å². The summed E-state index contributed by atoms with van der Waals surface area (Å²) in [6.07, 6.45) is 0. The number of halogens is 1. The van der Waals surface area contributed by atoms with Gasteiger partial charge >= 0.3 is 5.97 Å². The lowest BCUT2D eigenvalue weighted by Crippen LogP contribution is -2.17. The van der Waals surface area contributed by atoms with Gasteiger partial charge in [-0.15, -0.1) is 0 Å². The molecular weight excluding hydrogens is 452 g/mol. The third kappa shape index (κ3) is 4.73. The van der Waals surface area contributed by atoms with Gasteiger partial charge in [-0.3, -0.25) is 0 Å². The molecule has 0 aliphatic carbocycles. The van der Waals surface area contributed by atoms with E-state index < -0.39 is 5.97 Å². The normalized spacial score (nSPS) is 11.2. The first-order chi connectivity index (χ1) is 14.9. The molecular formula is C26H25BrN2O2. The average molecular weight is 477 g/mol. The molecule has 3 aromatic carbocycles. The zero-order chi connectivity index (χ0) is 22.0. The summed E-state index contributed by atoms with van der Waals surface area (Å²) in [7, 11) is 0. The molecule has 158 valence electrons. The molecule has 4 rings (SSSR count). The average Bonchev–Trinajstić information content (AvgIpc) is 3.02. The maximum atomic E-state index is 12.4. The zero-order valence-corrected chi connectivity index (χ0v) is 19.2. The molecule has 1 aromatic heterocycles. The van der Waals surface area contributed by atoms with Gasteiger partial charge in [0.05, 0.1) is 0 Å². The quantitative estimate of drug-likeness (QED) is 0.340. The molecule has 0 amide bonds. The number of aromatic nitrogens is 1. The van der Waals surface area contributed by atoms with Crippen molar-refractivity contribution < 1.29 is 9.90 Å². The van der Waals surface area contributed by atoms with E-state index >= 15 is 0 Å². The number of aryl methyl sites for hydroxylation is 2. The van der Waals surface area contributed by atoms with Gasteiger partial charge in [0.15, 0.2) is 0 Å². The van der Waals surface area contributed by atoms with E-state index in [1.54, 1.807) is 0 Å². The van der Waals surface area contributed by atoms with Crippen molar-refractivity contribution in [1.29, 1.82) is 0 Å². The van der Waals surface area contributed by atoms with Gasteiger partial charge in [0, 0.05) is 40.6 Å². The van der Waals surface area contributed by atoms with Crippen LogP contribution in [0.5, 0.6) is 0 Å². The van der Waals surface area contributed by atoms with Crippen molar-refractivity contribution in [3.05, 3.63) is 105 Å². The highest BCUT2D eigenvalue weighted by Gasteiger charge is 2.22. The van der Waals surface area contributed by atoms with Gasteiger partial charge < -0.3 is 15.0 Å². The summed E-state index contributed by atoms with van der Waals surface area (Å²) >= 11 is 3.50. The summed E-state index contributed by atoms with van der Waals surface area (Å²) in [5.74, 6) is -0.903. The molecule has 0 atom stereocenters. The van der Waals surface area contributed by atoms with Crippen molar-refractivity contribution >= 4 is 32.8 Å².